The summed E-state index contributed by atoms with van der Waals surface area (Å²) in [6.07, 6.45) is 1.36. The van der Waals surface area contributed by atoms with Crippen LogP contribution in [-0.4, -0.2) is 48.7 Å². The van der Waals surface area contributed by atoms with Gasteiger partial charge in [-0.3, -0.25) is 9.59 Å². The van der Waals surface area contributed by atoms with Gasteiger partial charge in [0.05, 0.1) is 7.11 Å². The SMILES string of the molecule is COc1cc(C(=O)N2CCC(CC(=O)O)CC2)ccc1OC(F)F. The fourth-order valence-electron chi connectivity index (χ4n) is 2.76. The number of hydrogen-bond acceptors (Lipinski definition) is 4. The molecule has 1 N–H and O–H groups in total. The van der Waals surface area contributed by atoms with Crippen molar-refractivity contribution in [3.63, 3.8) is 0 Å². The zero-order valence-electron chi connectivity index (χ0n) is 13.2. The topological polar surface area (TPSA) is 76.1 Å². The number of alkyl halides is 2. The summed E-state index contributed by atoms with van der Waals surface area (Å²) in [4.78, 5) is 24.8. The Morgan fingerprint density at radius 2 is 1.96 bits per heavy atom. The van der Waals surface area contributed by atoms with E-state index in [1.54, 1.807) is 4.90 Å². The molecule has 0 spiro atoms. The minimum Gasteiger partial charge on any atom is -0.493 e. The van der Waals surface area contributed by atoms with Crippen molar-refractivity contribution in [2.75, 3.05) is 20.2 Å². The van der Waals surface area contributed by atoms with Crippen molar-refractivity contribution in [2.24, 2.45) is 5.92 Å². The first-order valence-corrected chi connectivity index (χ1v) is 7.54. The van der Waals surface area contributed by atoms with E-state index < -0.39 is 12.6 Å². The summed E-state index contributed by atoms with van der Waals surface area (Å²) in [7, 11) is 1.30. The van der Waals surface area contributed by atoms with E-state index in [4.69, 9.17) is 9.84 Å². The Kier molecular flexibility index (Phi) is 5.94. The summed E-state index contributed by atoms with van der Waals surface area (Å²) in [5.74, 6) is -1.08. The Hall–Kier alpha value is -2.38. The van der Waals surface area contributed by atoms with E-state index in [0.717, 1.165) is 0 Å². The number of carbonyl (C=O) groups excluding carboxylic acids is 1. The molecule has 1 amide bonds. The third-order valence-corrected chi connectivity index (χ3v) is 3.99. The highest BCUT2D eigenvalue weighted by Crippen LogP contribution is 2.30. The Balaban J connectivity index is 2.03. The van der Waals surface area contributed by atoms with Crippen LogP contribution in [0.15, 0.2) is 18.2 Å². The van der Waals surface area contributed by atoms with E-state index in [9.17, 15) is 18.4 Å². The Morgan fingerprint density at radius 3 is 2.50 bits per heavy atom. The number of aliphatic carboxylic acids is 1. The second-order valence-corrected chi connectivity index (χ2v) is 5.58. The van der Waals surface area contributed by atoms with Gasteiger partial charge in [0.25, 0.3) is 5.91 Å². The van der Waals surface area contributed by atoms with E-state index in [1.807, 2.05) is 0 Å². The minimum absolute atomic E-state index is 0.0573. The molecular weight excluding hydrogens is 324 g/mol. The molecule has 1 aromatic rings. The van der Waals surface area contributed by atoms with Gasteiger partial charge in [-0.2, -0.15) is 8.78 Å². The lowest BCUT2D eigenvalue weighted by Gasteiger charge is -2.31. The number of carbonyl (C=O) groups is 2. The van der Waals surface area contributed by atoms with Crippen LogP contribution in [-0.2, 0) is 4.79 Å². The molecule has 1 fully saturated rings. The summed E-state index contributed by atoms with van der Waals surface area (Å²) in [6, 6.07) is 4.05. The largest absolute Gasteiger partial charge is 0.493 e. The molecule has 132 valence electrons. The molecule has 8 heteroatoms. The third kappa shape index (κ3) is 4.56. The Morgan fingerprint density at radius 1 is 1.29 bits per heavy atom. The number of halogens is 2. The number of likely N-dealkylation sites (tertiary alicyclic amines) is 1. The first-order valence-electron chi connectivity index (χ1n) is 7.54. The van der Waals surface area contributed by atoms with E-state index in [0.29, 0.717) is 31.5 Å². The van der Waals surface area contributed by atoms with Crippen molar-refractivity contribution in [1.82, 2.24) is 4.90 Å². The number of methoxy groups -OCH3 is 1. The number of amides is 1. The van der Waals surface area contributed by atoms with Crippen LogP contribution in [0.4, 0.5) is 8.78 Å². The van der Waals surface area contributed by atoms with Crippen molar-refractivity contribution in [3.05, 3.63) is 23.8 Å². The number of rotatable bonds is 6. The molecular formula is C16H19F2NO5. The smallest absolute Gasteiger partial charge is 0.387 e. The van der Waals surface area contributed by atoms with Crippen molar-refractivity contribution < 1.29 is 33.0 Å². The molecule has 1 aliphatic rings. The van der Waals surface area contributed by atoms with Gasteiger partial charge in [0.15, 0.2) is 11.5 Å². The van der Waals surface area contributed by atoms with Crippen LogP contribution in [0.25, 0.3) is 0 Å². The number of nitrogens with zero attached hydrogens (tertiary/aromatic N) is 1. The van der Waals surface area contributed by atoms with Crippen molar-refractivity contribution >= 4 is 11.9 Å². The van der Waals surface area contributed by atoms with Crippen LogP contribution >= 0.6 is 0 Å². The van der Waals surface area contributed by atoms with Crippen LogP contribution in [0.3, 0.4) is 0 Å². The fraction of sp³-hybridized carbons (Fsp3) is 0.500. The first kappa shape index (κ1) is 18.0. The second-order valence-electron chi connectivity index (χ2n) is 5.58. The summed E-state index contributed by atoms with van der Waals surface area (Å²) in [5, 5.41) is 8.81. The lowest BCUT2D eigenvalue weighted by atomic mass is 9.93. The highest BCUT2D eigenvalue weighted by Gasteiger charge is 2.25. The molecule has 1 aliphatic heterocycles. The lowest BCUT2D eigenvalue weighted by molar-refractivity contribution is -0.138. The average molecular weight is 343 g/mol. The standard InChI is InChI=1S/C16H19F2NO5/c1-23-13-9-11(2-3-12(13)24-16(17)18)15(22)19-6-4-10(5-7-19)8-14(20)21/h2-3,9-10,16H,4-8H2,1H3,(H,20,21). The zero-order valence-corrected chi connectivity index (χ0v) is 13.2. The normalized spacial score (nSPS) is 15.4. The van der Waals surface area contributed by atoms with Gasteiger partial charge in [0, 0.05) is 25.1 Å². The molecule has 0 bridgehead atoms. The average Bonchev–Trinajstić information content (AvgIpc) is 2.54. The summed E-state index contributed by atoms with van der Waals surface area (Å²) in [5.41, 5.74) is 0.310. The van der Waals surface area contributed by atoms with Gasteiger partial charge in [-0.15, -0.1) is 0 Å². The van der Waals surface area contributed by atoms with Crippen molar-refractivity contribution in [1.29, 1.82) is 0 Å². The molecule has 0 atom stereocenters. The number of hydrogen-bond donors (Lipinski definition) is 1. The molecule has 0 radical (unpaired) electrons. The number of benzene rings is 1. The number of carboxylic acid groups (broad SMARTS) is 1. The summed E-state index contributed by atoms with van der Waals surface area (Å²) in [6.45, 7) is -2.04. The molecule has 0 aromatic heterocycles. The van der Waals surface area contributed by atoms with Gasteiger partial charge in [-0.1, -0.05) is 0 Å². The second kappa shape index (κ2) is 7.94. The molecule has 6 nitrogen and oxygen atoms in total. The van der Waals surface area contributed by atoms with Crippen LogP contribution in [0.2, 0.25) is 0 Å². The molecule has 0 aliphatic carbocycles. The van der Waals surface area contributed by atoms with E-state index in [-0.39, 0.29) is 29.7 Å². The van der Waals surface area contributed by atoms with Gasteiger partial charge in [-0.05, 0) is 37.0 Å². The summed E-state index contributed by atoms with van der Waals surface area (Å²) < 4.78 is 34.0. The third-order valence-electron chi connectivity index (χ3n) is 3.99. The van der Waals surface area contributed by atoms with Gasteiger partial charge >= 0.3 is 12.6 Å². The molecule has 1 aromatic carbocycles. The summed E-state index contributed by atoms with van der Waals surface area (Å²) >= 11 is 0. The van der Waals surface area contributed by atoms with Crippen LogP contribution < -0.4 is 9.47 Å². The maximum atomic E-state index is 12.5. The van der Waals surface area contributed by atoms with Gasteiger partial charge in [0.1, 0.15) is 0 Å². The molecule has 0 unspecified atom stereocenters. The zero-order chi connectivity index (χ0) is 17.7. The molecule has 24 heavy (non-hydrogen) atoms. The Labute approximate surface area is 138 Å². The predicted octanol–water partition coefficient (Wildman–Crippen LogP) is 2.62. The van der Waals surface area contributed by atoms with E-state index in [2.05, 4.69) is 4.74 Å². The van der Waals surface area contributed by atoms with E-state index in [1.165, 1.54) is 25.3 Å². The molecule has 2 rings (SSSR count). The highest BCUT2D eigenvalue weighted by molar-refractivity contribution is 5.95. The van der Waals surface area contributed by atoms with Gasteiger partial charge < -0.3 is 19.5 Å². The Bertz CT molecular complexity index is 600. The number of piperidine rings is 1. The number of carboxylic acids is 1. The van der Waals surface area contributed by atoms with Crippen LogP contribution in [0.5, 0.6) is 11.5 Å². The highest BCUT2D eigenvalue weighted by atomic mass is 19.3. The molecule has 1 saturated heterocycles. The minimum atomic E-state index is -2.98. The fourth-order valence-corrected chi connectivity index (χ4v) is 2.76. The first-order chi connectivity index (χ1) is 11.4. The maximum absolute atomic E-state index is 12.5. The number of ether oxygens (including phenoxy) is 2. The van der Waals surface area contributed by atoms with Crippen LogP contribution in [0, 0.1) is 5.92 Å². The monoisotopic (exact) mass is 343 g/mol. The quantitative estimate of drug-likeness (QED) is 0.859. The van der Waals surface area contributed by atoms with Crippen LogP contribution in [0.1, 0.15) is 29.6 Å². The lowest BCUT2D eigenvalue weighted by Crippen LogP contribution is -2.38. The maximum Gasteiger partial charge on any atom is 0.387 e. The van der Waals surface area contributed by atoms with Gasteiger partial charge in [-0.25, -0.2) is 0 Å². The van der Waals surface area contributed by atoms with E-state index >= 15 is 0 Å². The molecule has 0 saturated carbocycles. The van der Waals surface area contributed by atoms with Crippen molar-refractivity contribution in [3.8, 4) is 11.5 Å². The van der Waals surface area contributed by atoms with Gasteiger partial charge in [0.2, 0.25) is 0 Å². The van der Waals surface area contributed by atoms with Crippen molar-refractivity contribution in [2.45, 2.75) is 25.9 Å². The predicted molar refractivity (Wildman–Crippen MR) is 80.5 cm³/mol. The molecule has 1 heterocycles.